The molecule has 0 radical (unpaired) electrons. The Morgan fingerprint density at radius 1 is 1.23 bits per heavy atom. The van der Waals surface area contributed by atoms with Crippen molar-refractivity contribution in [2.75, 3.05) is 25.1 Å². The molecule has 1 aromatic carbocycles. The van der Waals surface area contributed by atoms with E-state index in [1.165, 1.54) is 9.80 Å². The molecule has 0 aliphatic carbocycles. The van der Waals surface area contributed by atoms with E-state index in [2.05, 4.69) is 20.9 Å². The minimum absolute atomic E-state index is 0.223. The number of rotatable bonds is 4. The number of carbonyl (C=O) groups excluding carboxylic acids is 2. The molecule has 7 nitrogen and oxygen atoms in total. The summed E-state index contributed by atoms with van der Waals surface area (Å²) in [5.41, 5.74) is 1.37. The van der Waals surface area contributed by atoms with Crippen LogP contribution in [-0.4, -0.2) is 42.3 Å². The van der Waals surface area contributed by atoms with Crippen molar-refractivity contribution in [3.8, 4) is 5.75 Å². The number of hydrogen-bond donors (Lipinski definition) is 0. The molecule has 3 rings (SSSR count). The minimum Gasteiger partial charge on any atom is -0.497 e. The van der Waals surface area contributed by atoms with E-state index < -0.39 is 12.2 Å². The van der Waals surface area contributed by atoms with Gasteiger partial charge in [-0.2, -0.15) is 0 Å². The Labute approximate surface area is 159 Å². The maximum Gasteiger partial charge on any atom is 0.423 e. The molecule has 2 aromatic rings. The van der Waals surface area contributed by atoms with Gasteiger partial charge >= 0.3 is 12.2 Å². The van der Waals surface area contributed by atoms with Gasteiger partial charge in [0, 0.05) is 19.3 Å². The van der Waals surface area contributed by atoms with Crippen molar-refractivity contribution in [1.82, 2.24) is 9.88 Å². The highest BCUT2D eigenvalue weighted by Gasteiger charge is 2.28. The number of aromatic nitrogens is 1. The van der Waals surface area contributed by atoms with Crippen molar-refractivity contribution in [3.63, 3.8) is 0 Å². The zero-order chi connectivity index (χ0) is 18.5. The second-order valence-corrected chi connectivity index (χ2v) is 6.47. The zero-order valence-corrected chi connectivity index (χ0v) is 15.8. The molecule has 0 bridgehead atoms. The number of hydrogen-bond acceptors (Lipinski definition) is 5. The average molecular weight is 420 g/mol. The number of methoxy groups -OCH3 is 1. The quantitative estimate of drug-likeness (QED) is 0.556. The van der Waals surface area contributed by atoms with Crippen LogP contribution < -0.4 is 9.64 Å². The van der Waals surface area contributed by atoms with Gasteiger partial charge in [0.2, 0.25) is 0 Å². The first-order chi connectivity index (χ1) is 12.6. The normalized spacial score (nSPS) is 12.9. The summed E-state index contributed by atoms with van der Waals surface area (Å²) in [6.07, 6.45) is 1.16. The number of ether oxygens (including phenoxy) is 2. The smallest absolute Gasteiger partial charge is 0.423 e. The third-order valence-electron chi connectivity index (χ3n) is 4.04. The predicted octanol–water partition coefficient (Wildman–Crippen LogP) is 3.82. The molecule has 1 fully saturated rings. The maximum absolute atomic E-state index is 12.7. The number of pyridine rings is 1. The maximum atomic E-state index is 12.7. The fraction of sp³-hybridized carbons (Fsp3) is 0.278. The Morgan fingerprint density at radius 3 is 2.54 bits per heavy atom. The molecule has 26 heavy (non-hydrogen) atoms. The number of nitrogens with zero attached hydrogens (tertiary/aromatic N) is 3. The molecular formula is C18H18BrN3O4. The van der Waals surface area contributed by atoms with E-state index in [4.69, 9.17) is 9.47 Å². The standard InChI is InChI=1S/C18H18BrN3O4/c1-25-14-7-5-13(6-8-14)12-22(15-4-2-9-20-16(15)19)18(24)26-17(23)21-10-3-11-21/h2,4-9H,3,10-12H2,1H3. The van der Waals surface area contributed by atoms with E-state index in [1.807, 2.05) is 24.3 Å². The fourth-order valence-electron chi connectivity index (χ4n) is 2.43. The lowest BCUT2D eigenvalue weighted by Gasteiger charge is -2.30. The molecule has 0 unspecified atom stereocenters. The highest BCUT2D eigenvalue weighted by molar-refractivity contribution is 9.10. The van der Waals surface area contributed by atoms with E-state index in [-0.39, 0.29) is 6.54 Å². The lowest BCUT2D eigenvalue weighted by molar-refractivity contribution is 0.100. The zero-order valence-electron chi connectivity index (χ0n) is 14.2. The average Bonchev–Trinajstić information content (AvgIpc) is 2.59. The van der Waals surface area contributed by atoms with Crippen LogP contribution in [0.2, 0.25) is 0 Å². The number of anilines is 1. The van der Waals surface area contributed by atoms with E-state index in [0.717, 1.165) is 17.7 Å². The Bertz CT molecular complexity index is 793. The van der Waals surface area contributed by atoms with Crippen molar-refractivity contribution >= 4 is 33.8 Å². The van der Waals surface area contributed by atoms with Gasteiger partial charge in [0.25, 0.3) is 0 Å². The Morgan fingerprint density at radius 2 is 1.96 bits per heavy atom. The van der Waals surface area contributed by atoms with Crippen LogP contribution in [0.25, 0.3) is 0 Å². The molecule has 8 heteroatoms. The Hall–Kier alpha value is -2.61. The van der Waals surface area contributed by atoms with E-state index in [1.54, 1.807) is 25.4 Å². The van der Waals surface area contributed by atoms with Gasteiger partial charge in [-0.05, 0) is 52.2 Å². The summed E-state index contributed by atoms with van der Waals surface area (Å²) in [6, 6.07) is 10.8. The molecular weight excluding hydrogens is 402 g/mol. The predicted molar refractivity (Wildman–Crippen MR) is 99.2 cm³/mol. The summed E-state index contributed by atoms with van der Waals surface area (Å²) in [4.78, 5) is 31.7. The van der Waals surface area contributed by atoms with Gasteiger partial charge in [0.15, 0.2) is 0 Å². The van der Waals surface area contributed by atoms with Crippen molar-refractivity contribution in [3.05, 3.63) is 52.8 Å². The molecule has 0 saturated carbocycles. The van der Waals surface area contributed by atoms with E-state index in [0.29, 0.717) is 23.4 Å². The molecule has 1 aromatic heterocycles. The van der Waals surface area contributed by atoms with Crippen LogP contribution in [0.5, 0.6) is 5.75 Å². The molecule has 1 aliphatic rings. The molecule has 1 aliphatic heterocycles. The minimum atomic E-state index is -0.744. The van der Waals surface area contributed by atoms with Crippen LogP contribution >= 0.6 is 15.9 Å². The molecule has 2 heterocycles. The summed E-state index contributed by atoms with van der Waals surface area (Å²) < 4.78 is 10.7. The van der Waals surface area contributed by atoms with Crippen molar-refractivity contribution in [1.29, 1.82) is 0 Å². The molecule has 0 atom stereocenters. The van der Waals surface area contributed by atoms with Gasteiger partial charge in [-0.15, -0.1) is 0 Å². The highest BCUT2D eigenvalue weighted by atomic mass is 79.9. The van der Waals surface area contributed by atoms with Crippen LogP contribution in [0.3, 0.4) is 0 Å². The van der Waals surface area contributed by atoms with Gasteiger partial charge < -0.3 is 14.4 Å². The van der Waals surface area contributed by atoms with Crippen molar-refractivity contribution in [2.45, 2.75) is 13.0 Å². The first kappa shape index (κ1) is 18.2. The number of halogens is 1. The first-order valence-electron chi connectivity index (χ1n) is 8.10. The van der Waals surface area contributed by atoms with Gasteiger partial charge in [-0.3, -0.25) is 4.90 Å². The van der Waals surface area contributed by atoms with Crippen molar-refractivity contribution < 1.29 is 19.1 Å². The van der Waals surface area contributed by atoms with Gasteiger partial charge in [-0.1, -0.05) is 12.1 Å². The molecule has 1 saturated heterocycles. The van der Waals surface area contributed by atoms with Gasteiger partial charge in [-0.25, -0.2) is 14.6 Å². The summed E-state index contributed by atoms with van der Waals surface area (Å²) in [5, 5.41) is 0. The molecule has 0 spiro atoms. The van der Waals surface area contributed by atoms with Gasteiger partial charge in [0.1, 0.15) is 10.4 Å². The fourth-order valence-corrected chi connectivity index (χ4v) is 2.90. The lowest BCUT2D eigenvalue weighted by atomic mass is 10.2. The van der Waals surface area contributed by atoms with E-state index >= 15 is 0 Å². The second-order valence-electron chi connectivity index (χ2n) is 5.72. The molecule has 136 valence electrons. The number of benzene rings is 1. The number of carbonyl (C=O) groups is 2. The third-order valence-corrected chi connectivity index (χ3v) is 4.65. The summed E-state index contributed by atoms with van der Waals surface area (Å²) in [6.45, 7) is 1.45. The number of amides is 2. The third kappa shape index (κ3) is 4.13. The van der Waals surface area contributed by atoms with Crippen LogP contribution in [0.1, 0.15) is 12.0 Å². The lowest BCUT2D eigenvalue weighted by Crippen LogP contribution is -2.45. The summed E-state index contributed by atoms with van der Waals surface area (Å²) >= 11 is 3.35. The highest BCUT2D eigenvalue weighted by Crippen LogP contribution is 2.26. The van der Waals surface area contributed by atoms with Crippen LogP contribution in [-0.2, 0) is 11.3 Å². The van der Waals surface area contributed by atoms with Gasteiger partial charge in [0.05, 0.1) is 19.3 Å². The Kier molecular flexibility index (Phi) is 5.72. The Balaban J connectivity index is 1.82. The summed E-state index contributed by atoms with van der Waals surface area (Å²) in [7, 11) is 1.59. The van der Waals surface area contributed by atoms with Crippen molar-refractivity contribution in [2.24, 2.45) is 0 Å². The van der Waals surface area contributed by atoms with Crippen LogP contribution in [0.15, 0.2) is 47.2 Å². The SMILES string of the molecule is COc1ccc(CN(C(=O)OC(=O)N2CCC2)c2cccnc2Br)cc1. The second kappa shape index (κ2) is 8.18. The van der Waals surface area contributed by atoms with Crippen LogP contribution in [0, 0.1) is 0 Å². The number of likely N-dealkylation sites (tertiary alicyclic amines) is 1. The monoisotopic (exact) mass is 419 g/mol. The topological polar surface area (TPSA) is 72.0 Å². The first-order valence-corrected chi connectivity index (χ1v) is 8.89. The molecule has 0 N–H and O–H groups in total. The molecule has 2 amide bonds. The van der Waals surface area contributed by atoms with Crippen LogP contribution in [0.4, 0.5) is 15.3 Å². The van der Waals surface area contributed by atoms with E-state index in [9.17, 15) is 9.59 Å². The largest absolute Gasteiger partial charge is 0.497 e. The summed E-state index contributed by atoms with van der Waals surface area (Å²) in [5.74, 6) is 0.721.